The van der Waals surface area contributed by atoms with Crippen LogP contribution < -0.4 is 10.6 Å². The number of phenols is 1. The molecule has 3 N–H and O–H groups in total. The average Bonchev–Trinajstić information content (AvgIpc) is 3.15. The summed E-state index contributed by atoms with van der Waals surface area (Å²) in [5, 5.41) is 10.1. The summed E-state index contributed by atoms with van der Waals surface area (Å²) in [5.41, 5.74) is 8.50. The summed E-state index contributed by atoms with van der Waals surface area (Å²) >= 11 is 0. The standard InChI is InChI=1S/C23H30N4O2.ClH/c1-17(27-15-19(20(24)16-27)18-7-3-2-4-8-18)23(29)26-13-11-25(12-14-26)21-9-5-6-10-22(21)28;/h2-10,17,19-20,28H,11-16,24H2,1H3;1H/t17?,19-,20+;/m0./s1. The zero-order valence-corrected chi connectivity index (χ0v) is 18.2. The highest BCUT2D eigenvalue weighted by Crippen LogP contribution is 2.29. The van der Waals surface area contributed by atoms with Crippen molar-refractivity contribution in [2.45, 2.75) is 24.9 Å². The number of halogens is 1. The van der Waals surface area contributed by atoms with Crippen LogP contribution in [0.2, 0.25) is 0 Å². The van der Waals surface area contributed by atoms with Crippen molar-refractivity contribution >= 4 is 24.0 Å². The van der Waals surface area contributed by atoms with Gasteiger partial charge in [0.05, 0.1) is 11.7 Å². The molecule has 0 aromatic heterocycles. The molecule has 0 spiro atoms. The number of anilines is 1. The first-order valence-corrected chi connectivity index (χ1v) is 10.4. The summed E-state index contributed by atoms with van der Waals surface area (Å²) < 4.78 is 0. The van der Waals surface area contributed by atoms with Crippen LogP contribution in [0.25, 0.3) is 0 Å². The highest BCUT2D eigenvalue weighted by Gasteiger charge is 2.37. The zero-order chi connectivity index (χ0) is 20.4. The van der Waals surface area contributed by atoms with Crippen LogP contribution in [-0.2, 0) is 4.79 Å². The van der Waals surface area contributed by atoms with E-state index in [0.29, 0.717) is 18.8 Å². The zero-order valence-electron chi connectivity index (χ0n) is 17.4. The molecule has 4 rings (SSSR count). The lowest BCUT2D eigenvalue weighted by molar-refractivity contribution is -0.136. The Bertz CT molecular complexity index is 842. The number of carbonyl (C=O) groups excluding carboxylic acids is 1. The molecule has 162 valence electrons. The third-order valence-corrected chi connectivity index (χ3v) is 6.34. The molecule has 2 aromatic rings. The fourth-order valence-corrected chi connectivity index (χ4v) is 4.55. The van der Waals surface area contributed by atoms with Gasteiger partial charge in [0.2, 0.25) is 5.91 Å². The molecule has 2 aromatic carbocycles. The maximum Gasteiger partial charge on any atom is 0.239 e. The molecule has 0 radical (unpaired) electrons. The van der Waals surface area contributed by atoms with Gasteiger partial charge < -0.3 is 20.6 Å². The molecule has 2 heterocycles. The minimum atomic E-state index is -0.175. The van der Waals surface area contributed by atoms with E-state index in [0.717, 1.165) is 31.9 Å². The molecule has 0 saturated carbocycles. The van der Waals surface area contributed by atoms with Gasteiger partial charge in [0.25, 0.3) is 0 Å². The molecule has 2 saturated heterocycles. The summed E-state index contributed by atoms with van der Waals surface area (Å²) in [7, 11) is 0. The lowest BCUT2D eigenvalue weighted by Crippen LogP contribution is -2.54. The lowest BCUT2D eigenvalue weighted by atomic mass is 9.95. The van der Waals surface area contributed by atoms with Crippen molar-refractivity contribution in [2.75, 3.05) is 44.2 Å². The number of hydrogen-bond donors (Lipinski definition) is 2. The molecule has 30 heavy (non-hydrogen) atoms. The van der Waals surface area contributed by atoms with E-state index in [2.05, 4.69) is 21.9 Å². The Morgan fingerprint density at radius 3 is 2.30 bits per heavy atom. The van der Waals surface area contributed by atoms with Crippen molar-refractivity contribution in [3.8, 4) is 5.75 Å². The van der Waals surface area contributed by atoms with Gasteiger partial charge in [0.15, 0.2) is 0 Å². The number of phenolic OH excluding ortho intramolecular Hbond substituents is 1. The fraction of sp³-hybridized carbons (Fsp3) is 0.435. The first-order chi connectivity index (χ1) is 14.0. The van der Waals surface area contributed by atoms with E-state index in [9.17, 15) is 9.90 Å². The second-order valence-corrected chi connectivity index (χ2v) is 8.11. The van der Waals surface area contributed by atoms with Gasteiger partial charge in [-0.2, -0.15) is 0 Å². The van der Waals surface area contributed by atoms with E-state index in [1.165, 1.54) is 5.56 Å². The van der Waals surface area contributed by atoms with Crippen LogP contribution in [-0.4, -0.2) is 72.2 Å². The topological polar surface area (TPSA) is 73.0 Å². The largest absolute Gasteiger partial charge is 0.506 e. The molecule has 2 aliphatic rings. The average molecular weight is 431 g/mol. The van der Waals surface area contributed by atoms with Gasteiger partial charge in [0, 0.05) is 51.2 Å². The van der Waals surface area contributed by atoms with E-state index in [4.69, 9.17) is 5.73 Å². The third-order valence-electron chi connectivity index (χ3n) is 6.34. The predicted octanol–water partition coefficient (Wildman–Crippen LogP) is 2.28. The van der Waals surface area contributed by atoms with Gasteiger partial charge in [-0.1, -0.05) is 42.5 Å². The Labute approximate surface area is 184 Å². The van der Waals surface area contributed by atoms with E-state index in [-0.39, 0.29) is 36.3 Å². The van der Waals surface area contributed by atoms with Gasteiger partial charge in [-0.15, -0.1) is 12.4 Å². The number of amides is 1. The molecule has 1 amide bonds. The first kappa shape index (κ1) is 22.4. The van der Waals surface area contributed by atoms with E-state index in [1.54, 1.807) is 6.07 Å². The molecule has 3 atom stereocenters. The second-order valence-electron chi connectivity index (χ2n) is 8.11. The van der Waals surface area contributed by atoms with Crippen molar-refractivity contribution < 1.29 is 9.90 Å². The highest BCUT2D eigenvalue weighted by atomic mass is 35.5. The molecule has 2 fully saturated rings. The van der Waals surface area contributed by atoms with Gasteiger partial charge in [-0.05, 0) is 24.6 Å². The molecule has 0 aliphatic carbocycles. The predicted molar refractivity (Wildman–Crippen MR) is 122 cm³/mol. The molecule has 6 nitrogen and oxygen atoms in total. The lowest BCUT2D eigenvalue weighted by Gasteiger charge is -2.38. The number of likely N-dealkylation sites (tertiary alicyclic amines) is 1. The highest BCUT2D eigenvalue weighted by molar-refractivity contribution is 5.85. The van der Waals surface area contributed by atoms with Crippen LogP contribution in [0.5, 0.6) is 5.75 Å². The Balaban J connectivity index is 0.00000256. The van der Waals surface area contributed by atoms with E-state index >= 15 is 0 Å². The van der Waals surface area contributed by atoms with Crippen LogP contribution in [0.4, 0.5) is 5.69 Å². The van der Waals surface area contributed by atoms with Gasteiger partial charge in [-0.3, -0.25) is 9.69 Å². The number of carbonyl (C=O) groups is 1. The van der Waals surface area contributed by atoms with Crippen molar-refractivity contribution in [1.29, 1.82) is 0 Å². The quantitative estimate of drug-likeness (QED) is 0.778. The van der Waals surface area contributed by atoms with Crippen molar-refractivity contribution in [1.82, 2.24) is 9.80 Å². The van der Waals surface area contributed by atoms with Crippen LogP contribution in [0.1, 0.15) is 18.4 Å². The molecule has 0 bridgehead atoms. The maximum absolute atomic E-state index is 13.1. The number of piperazine rings is 1. The summed E-state index contributed by atoms with van der Waals surface area (Å²) in [4.78, 5) is 19.4. The number of rotatable bonds is 4. The van der Waals surface area contributed by atoms with Crippen LogP contribution in [0, 0.1) is 0 Å². The van der Waals surface area contributed by atoms with Gasteiger partial charge in [-0.25, -0.2) is 0 Å². The minimum Gasteiger partial charge on any atom is -0.506 e. The summed E-state index contributed by atoms with van der Waals surface area (Å²) in [5.74, 6) is 0.728. The van der Waals surface area contributed by atoms with Crippen molar-refractivity contribution in [3.63, 3.8) is 0 Å². The van der Waals surface area contributed by atoms with Crippen molar-refractivity contribution in [3.05, 3.63) is 60.2 Å². The number of nitrogens with zero attached hydrogens (tertiary/aromatic N) is 3. The number of para-hydroxylation sites is 2. The van der Waals surface area contributed by atoms with Crippen LogP contribution in [0.3, 0.4) is 0 Å². The normalized spacial score (nSPS) is 23.1. The Kier molecular flexibility index (Phi) is 7.23. The fourth-order valence-electron chi connectivity index (χ4n) is 4.55. The molecular weight excluding hydrogens is 400 g/mol. The van der Waals surface area contributed by atoms with Gasteiger partial charge >= 0.3 is 0 Å². The number of hydrogen-bond acceptors (Lipinski definition) is 5. The molecular formula is C23H31ClN4O2. The number of aromatic hydroxyl groups is 1. The molecule has 2 aliphatic heterocycles. The Morgan fingerprint density at radius 2 is 1.63 bits per heavy atom. The third kappa shape index (κ3) is 4.56. The number of nitrogens with two attached hydrogens (primary N) is 1. The molecule has 1 unspecified atom stereocenters. The summed E-state index contributed by atoms with van der Waals surface area (Å²) in [6.45, 7) is 6.33. The van der Waals surface area contributed by atoms with Gasteiger partial charge in [0.1, 0.15) is 5.75 Å². The molecule has 7 heteroatoms. The monoisotopic (exact) mass is 430 g/mol. The first-order valence-electron chi connectivity index (χ1n) is 10.4. The van der Waals surface area contributed by atoms with Crippen LogP contribution >= 0.6 is 12.4 Å². The Morgan fingerprint density at radius 1 is 1.00 bits per heavy atom. The number of benzene rings is 2. The smallest absolute Gasteiger partial charge is 0.239 e. The maximum atomic E-state index is 13.1. The SMILES string of the molecule is CC(C(=O)N1CCN(c2ccccc2O)CC1)N1C[C@@H](N)[C@H](c2ccccc2)C1.Cl. The van der Waals surface area contributed by atoms with E-state index in [1.807, 2.05) is 48.2 Å². The minimum absolute atomic E-state index is 0. The van der Waals surface area contributed by atoms with Crippen molar-refractivity contribution in [2.24, 2.45) is 5.73 Å². The van der Waals surface area contributed by atoms with Crippen LogP contribution in [0.15, 0.2) is 54.6 Å². The summed E-state index contributed by atoms with van der Waals surface area (Å²) in [6.07, 6.45) is 0. The van der Waals surface area contributed by atoms with E-state index < -0.39 is 0 Å². The second kappa shape index (κ2) is 9.69. The summed E-state index contributed by atoms with van der Waals surface area (Å²) in [6, 6.07) is 17.6. The Hall–Kier alpha value is -2.28.